The molecule has 0 bridgehead atoms. The average Bonchev–Trinajstić information content (AvgIpc) is 3.24. The van der Waals surface area contributed by atoms with Gasteiger partial charge in [0, 0.05) is 11.3 Å². The highest BCUT2D eigenvalue weighted by Gasteiger charge is 2.17. The largest absolute Gasteiger partial charge is 0.454 e. The second-order valence-corrected chi connectivity index (χ2v) is 6.62. The first-order valence-electron chi connectivity index (χ1n) is 9.75. The summed E-state index contributed by atoms with van der Waals surface area (Å²) in [6, 6.07) is 10.6. The van der Waals surface area contributed by atoms with Gasteiger partial charge in [0.05, 0.1) is 0 Å². The van der Waals surface area contributed by atoms with Gasteiger partial charge in [-0.25, -0.2) is 0 Å². The fourth-order valence-electron chi connectivity index (χ4n) is 3.07. The van der Waals surface area contributed by atoms with E-state index in [9.17, 15) is 14.4 Å². The van der Waals surface area contributed by atoms with Gasteiger partial charge in [0.15, 0.2) is 18.1 Å². The second-order valence-electron chi connectivity index (χ2n) is 6.62. The highest BCUT2D eigenvalue weighted by atomic mass is 16.7. The van der Waals surface area contributed by atoms with Crippen molar-refractivity contribution in [3.05, 3.63) is 53.1 Å². The van der Waals surface area contributed by atoms with Crippen molar-refractivity contribution in [2.75, 3.05) is 25.3 Å². The maximum Gasteiger partial charge on any atom is 0.325 e. The fraction of sp³-hybridized carbons (Fsp3) is 0.318. The lowest BCUT2D eigenvalue weighted by Gasteiger charge is -2.14. The smallest absolute Gasteiger partial charge is 0.325 e. The highest BCUT2D eigenvalue weighted by molar-refractivity contribution is 5.97. The maximum absolute atomic E-state index is 12.2. The van der Waals surface area contributed by atoms with E-state index < -0.39 is 24.4 Å². The minimum Gasteiger partial charge on any atom is -0.454 e. The van der Waals surface area contributed by atoms with Gasteiger partial charge in [0.2, 0.25) is 6.79 Å². The first-order valence-corrected chi connectivity index (χ1v) is 9.75. The molecule has 0 spiro atoms. The van der Waals surface area contributed by atoms with Crippen LogP contribution in [0.25, 0.3) is 0 Å². The van der Waals surface area contributed by atoms with Crippen LogP contribution >= 0.6 is 0 Å². The highest BCUT2D eigenvalue weighted by Crippen LogP contribution is 2.32. The van der Waals surface area contributed by atoms with Crippen molar-refractivity contribution in [1.29, 1.82) is 0 Å². The van der Waals surface area contributed by atoms with Crippen LogP contribution in [-0.4, -0.2) is 37.7 Å². The third-order valence-corrected chi connectivity index (χ3v) is 4.66. The van der Waals surface area contributed by atoms with Gasteiger partial charge >= 0.3 is 5.97 Å². The zero-order valence-corrected chi connectivity index (χ0v) is 16.9. The molecule has 0 aromatic heterocycles. The molecule has 0 radical (unpaired) electrons. The first-order chi connectivity index (χ1) is 14.5. The van der Waals surface area contributed by atoms with Crippen LogP contribution in [0.2, 0.25) is 0 Å². The Hall–Kier alpha value is -3.55. The Morgan fingerprint density at radius 1 is 1.00 bits per heavy atom. The first kappa shape index (κ1) is 21.2. The molecular weight excluding hydrogens is 388 g/mol. The molecular formula is C22H24N2O6. The maximum atomic E-state index is 12.2. The lowest BCUT2D eigenvalue weighted by atomic mass is 10.0. The number of benzene rings is 2. The molecule has 2 aromatic carbocycles. The molecule has 3 rings (SSSR count). The molecule has 0 fully saturated rings. The molecule has 8 nitrogen and oxygen atoms in total. The number of para-hydroxylation sites is 1. The Balaban J connectivity index is 1.47. The number of carbonyl (C=O) groups excluding carboxylic acids is 3. The van der Waals surface area contributed by atoms with Crippen molar-refractivity contribution in [3.63, 3.8) is 0 Å². The van der Waals surface area contributed by atoms with Crippen molar-refractivity contribution in [3.8, 4) is 11.5 Å². The third-order valence-electron chi connectivity index (χ3n) is 4.66. The van der Waals surface area contributed by atoms with Crippen molar-refractivity contribution in [1.82, 2.24) is 5.32 Å². The molecule has 1 heterocycles. The van der Waals surface area contributed by atoms with E-state index in [1.54, 1.807) is 12.1 Å². The van der Waals surface area contributed by atoms with Gasteiger partial charge in [0.25, 0.3) is 11.8 Å². The quantitative estimate of drug-likeness (QED) is 0.646. The molecule has 2 N–H and O–H groups in total. The van der Waals surface area contributed by atoms with E-state index in [-0.39, 0.29) is 13.3 Å². The summed E-state index contributed by atoms with van der Waals surface area (Å²) in [6.07, 6.45) is 1.55. The summed E-state index contributed by atoms with van der Waals surface area (Å²) in [6.45, 7) is 3.34. The minimum atomic E-state index is -0.710. The Bertz CT molecular complexity index is 934. The number of ether oxygens (including phenoxy) is 3. The topological polar surface area (TPSA) is 103 Å². The molecule has 8 heteroatoms. The Morgan fingerprint density at radius 2 is 1.70 bits per heavy atom. The number of aryl methyl sites for hydroxylation is 2. The van der Waals surface area contributed by atoms with Crippen molar-refractivity contribution in [2.45, 2.75) is 26.7 Å². The van der Waals surface area contributed by atoms with Crippen LogP contribution in [0.3, 0.4) is 0 Å². The standard InChI is InChI=1S/C22H24N2O6/c1-3-14-6-5-7-15(4-2)21(14)24-19(25)12-28-20(26)11-23-22(27)16-8-9-17-18(10-16)30-13-29-17/h5-10H,3-4,11-13H2,1-2H3,(H,23,27)(H,24,25). The van der Waals surface area contributed by atoms with Crippen LogP contribution in [0.4, 0.5) is 5.69 Å². The van der Waals surface area contributed by atoms with Gasteiger partial charge < -0.3 is 24.8 Å². The summed E-state index contributed by atoms with van der Waals surface area (Å²) in [7, 11) is 0. The molecule has 1 aliphatic rings. The lowest BCUT2D eigenvalue weighted by Crippen LogP contribution is -2.32. The third kappa shape index (κ3) is 5.08. The molecule has 2 aromatic rings. The van der Waals surface area contributed by atoms with E-state index in [2.05, 4.69) is 10.6 Å². The molecule has 0 aliphatic carbocycles. The van der Waals surface area contributed by atoms with E-state index in [1.165, 1.54) is 6.07 Å². The molecule has 0 unspecified atom stereocenters. The van der Waals surface area contributed by atoms with Crippen LogP contribution in [0.15, 0.2) is 36.4 Å². The molecule has 0 atom stereocenters. The fourth-order valence-corrected chi connectivity index (χ4v) is 3.07. The number of rotatable bonds is 8. The zero-order valence-electron chi connectivity index (χ0n) is 16.9. The monoisotopic (exact) mass is 412 g/mol. The molecule has 0 saturated carbocycles. The van der Waals surface area contributed by atoms with Gasteiger partial charge in [0.1, 0.15) is 6.54 Å². The number of hydrogen-bond acceptors (Lipinski definition) is 6. The average molecular weight is 412 g/mol. The van der Waals surface area contributed by atoms with E-state index in [0.717, 1.165) is 29.7 Å². The van der Waals surface area contributed by atoms with Gasteiger partial charge in [-0.2, -0.15) is 0 Å². The van der Waals surface area contributed by atoms with Crippen LogP contribution in [-0.2, 0) is 27.2 Å². The van der Waals surface area contributed by atoms with Gasteiger partial charge in [-0.3, -0.25) is 14.4 Å². The molecule has 1 aliphatic heterocycles. The molecule has 158 valence electrons. The lowest BCUT2D eigenvalue weighted by molar-refractivity contribution is -0.146. The SMILES string of the molecule is CCc1cccc(CC)c1NC(=O)COC(=O)CNC(=O)c1ccc2c(c1)OCO2. The summed E-state index contributed by atoms with van der Waals surface area (Å²) < 4.78 is 15.4. The van der Waals surface area contributed by atoms with Crippen molar-refractivity contribution < 1.29 is 28.6 Å². The summed E-state index contributed by atoms with van der Waals surface area (Å²) in [5.74, 6) is -0.562. The number of fused-ring (bicyclic) bond motifs is 1. The second kappa shape index (κ2) is 9.78. The predicted octanol–water partition coefficient (Wildman–Crippen LogP) is 2.45. The Morgan fingerprint density at radius 3 is 2.40 bits per heavy atom. The minimum absolute atomic E-state index is 0.108. The van der Waals surface area contributed by atoms with Crippen LogP contribution in [0.1, 0.15) is 35.3 Å². The summed E-state index contributed by atoms with van der Waals surface area (Å²) >= 11 is 0. The number of esters is 1. The summed E-state index contributed by atoms with van der Waals surface area (Å²) in [4.78, 5) is 36.3. The summed E-state index contributed by atoms with van der Waals surface area (Å²) in [5, 5.41) is 5.28. The zero-order chi connectivity index (χ0) is 21.5. The summed E-state index contributed by atoms with van der Waals surface area (Å²) in [5.41, 5.74) is 3.13. The number of nitrogens with one attached hydrogen (secondary N) is 2. The van der Waals surface area contributed by atoms with E-state index in [1.807, 2.05) is 32.0 Å². The Labute approximate surface area is 174 Å². The molecule has 0 saturated heterocycles. The van der Waals surface area contributed by atoms with Crippen LogP contribution in [0, 0.1) is 0 Å². The van der Waals surface area contributed by atoms with Gasteiger partial charge in [-0.05, 0) is 42.2 Å². The normalized spacial score (nSPS) is 11.7. The number of hydrogen-bond donors (Lipinski definition) is 2. The van der Waals surface area contributed by atoms with Crippen LogP contribution in [0.5, 0.6) is 11.5 Å². The molecule has 2 amide bonds. The van der Waals surface area contributed by atoms with E-state index >= 15 is 0 Å². The number of amides is 2. The molecule has 30 heavy (non-hydrogen) atoms. The predicted molar refractivity (Wildman–Crippen MR) is 110 cm³/mol. The van der Waals surface area contributed by atoms with Crippen LogP contribution < -0.4 is 20.1 Å². The van der Waals surface area contributed by atoms with Crippen molar-refractivity contribution >= 4 is 23.5 Å². The van der Waals surface area contributed by atoms with Gasteiger partial charge in [-0.1, -0.05) is 32.0 Å². The number of carbonyl (C=O) groups is 3. The van der Waals surface area contributed by atoms with E-state index in [4.69, 9.17) is 14.2 Å². The Kier molecular flexibility index (Phi) is 6.90. The van der Waals surface area contributed by atoms with E-state index in [0.29, 0.717) is 17.1 Å². The number of anilines is 1. The van der Waals surface area contributed by atoms with Crippen molar-refractivity contribution in [2.24, 2.45) is 0 Å². The van der Waals surface area contributed by atoms with Gasteiger partial charge in [-0.15, -0.1) is 0 Å².